The second-order valence-corrected chi connectivity index (χ2v) is 9.48. The number of piperidine rings is 1. The Bertz CT molecular complexity index is 640. The minimum atomic E-state index is -3.30. The number of rotatable bonds is 5. The summed E-state index contributed by atoms with van der Waals surface area (Å²) in [7, 11) is -3.30. The van der Waals surface area contributed by atoms with Crippen molar-refractivity contribution in [3.05, 3.63) is 22.4 Å². The van der Waals surface area contributed by atoms with Crippen molar-refractivity contribution in [1.29, 1.82) is 0 Å². The van der Waals surface area contributed by atoms with Crippen LogP contribution in [0.5, 0.6) is 0 Å². The first-order valence-corrected chi connectivity index (χ1v) is 10.6. The number of carbonyl (C=O) groups excluding carboxylic acids is 1. The summed E-state index contributed by atoms with van der Waals surface area (Å²) in [6.07, 6.45) is 4.28. The summed E-state index contributed by atoms with van der Waals surface area (Å²) in [4.78, 5) is 14.3. The lowest BCUT2D eigenvalue weighted by atomic mass is 9.93. The van der Waals surface area contributed by atoms with Crippen molar-refractivity contribution < 1.29 is 13.2 Å². The molecule has 2 aliphatic rings. The van der Waals surface area contributed by atoms with Crippen LogP contribution in [0.3, 0.4) is 0 Å². The van der Waals surface area contributed by atoms with Crippen molar-refractivity contribution in [2.24, 2.45) is 5.41 Å². The van der Waals surface area contributed by atoms with E-state index in [9.17, 15) is 13.2 Å². The Labute approximate surface area is 147 Å². The Hall–Kier alpha value is -0.630. The van der Waals surface area contributed by atoms with Crippen LogP contribution < -0.4 is 5.32 Å². The Morgan fingerprint density at radius 1 is 1.43 bits per heavy atom. The van der Waals surface area contributed by atoms with Crippen LogP contribution in [0.1, 0.15) is 24.8 Å². The van der Waals surface area contributed by atoms with E-state index in [0.717, 1.165) is 44.2 Å². The van der Waals surface area contributed by atoms with E-state index in [1.165, 1.54) is 0 Å². The van der Waals surface area contributed by atoms with E-state index < -0.39 is 9.84 Å². The number of amides is 1. The van der Waals surface area contributed by atoms with Crippen LogP contribution in [0, 0.1) is 5.41 Å². The van der Waals surface area contributed by atoms with Gasteiger partial charge in [-0.25, -0.2) is 8.42 Å². The van der Waals surface area contributed by atoms with Gasteiger partial charge in [-0.05, 0) is 60.2 Å². The predicted molar refractivity (Wildman–Crippen MR) is 94.8 cm³/mol. The van der Waals surface area contributed by atoms with Gasteiger partial charge in [-0.1, -0.05) is 0 Å². The molecule has 5 nitrogen and oxygen atoms in total. The van der Waals surface area contributed by atoms with E-state index >= 15 is 0 Å². The van der Waals surface area contributed by atoms with Gasteiger partial charge in [0.25, 0.3) is 0 Å². The molecule has 8 heteroatoms. The van der Waals surface area contributed by atoms with Gasteiger partial charge in [0.05, 0.1) is 0 Å². The fourth-order valence-corrected chi connectivity index (χ4v) is 4.76. The zero-order valence-electron chi connectivity index (χ0n) is 13.2. The molecular formula is C15H23ClN2O3S2. The molecule has 3 rings (SSSR count). The summed E-state index contributed by atoms with van der Waals surface area (Å²) in [6.45, 7) is 2.50. The molecule has 1 spiro atoms. The molecule has 1 aliphatic carbocycles. The standard InChI is InChI=1S/C15H22N2O3S2.ClH/c1-22(19,20)11-14(18)17(9-12-2-7-21-10-12)13-8-15(13)3-5-16-6-4-15;/h2,7,10,13,16H,3-6,8-9,11H2,1H3;1H. The van der Waals surface area contributed by atoms with Crippen LogP contribution in [-0.2, 0) is 21.2 Å². The molecule has 2 fully saturated rings. The number of hydrogen-bond acceptors (Lipinski definition) is 5. The molecule has 0 aromatic carbocycles. The highest BCUT2D eigenvalue weighted by Crippen LogP contribution is 2.56. The lowest BCUT2D eigenvalue weighted by molar-refractivity contribution is -0.130. The Balaban J connectivity index is 0.00000192. The number of hydrogen-bond donors (Lipinski definition) is 1. The molecule has 0 bridgehead atoms. The first-order chi connectivity index (χ1) is 10.4. The monoisotopic (exact) mass is 378 g/mol. The van der Waals surface area contributed by atoms with E-state index in [4.69, 9.17) is 0 Å². The van der Waals surface area contributed by atoms with Crippen molar-refractivity contribution in [3.8, 4) is 0 Å². The van der Waals surface area contributed by atoms with E-state index in [-0.39, 0.29) is 35.5 Å². The number of sulfone groups is 1. The van der Waals surface area contributed by atoms with Crippen molar-refractivity contribution in [1.82, 2.24) is 10.2 Å². The first kappa shape index (κ1) is 18.7. The van der Waals surface area contributed by atoms with Crippen molar-refractivity contribution in [2.75, 3.05) is 25.1 Å². The third-order valence-electron chi connectivity index (χ3n) is 4.76. The number of carbonyl (C=O) groups is 1. The van der Waals surface area contributed by atoms with Crippen LogP contribution in [0.2, 0.25) is 0 Å². The first-order valence-electron chi connectivity index (χ1n) is 7.59. The Kier molecular flexibility index (Phi) is 5.76. The lowest BCUT2D eigenvalue weighted by Crippen LogP contribution is -2.41. The van der Waals surface area contributed by atoms with Gasteiger partial charge in [-0.15, -0.1) is 12.4 Å². The third-order valence-corrected chi connectivity index (χ3v) is 6.26. The summed E-state index contributed by atoms with van der Waals surface area (Å²) < 4.78 is 23.0. The molecule has 1 amide bonds. The molecule has 1 aliphatic heterocycles. The average molecular weight is 379 g/mol. The van der Waals surface area contributed by atoms with Gasteiger partial charge in [0, 0.05) is 18.8 Å². The third kappa shape index (κ3) is 4.47. The highest BCUT2D eigenvalue weighted by Gasteiger charge is 2.57. The number of thiophene rings is 1. The van der Waals surface area contributed by atoms with E-state index in [0.29, 0.717) is 6.54 Å². The highest BCUT2D eigenvalue weighted by molar-refractivity contribution is 7.91. The second-order valence-electron chi connectivity index (χ2n) is 6.56. The minimum absolute atomic E-state index is 0. The lowest BCUT2D eigenvalue weighted by Gasteiger charge is -2.29. The predicted octanol–water partition coefficient (Wildman–Crippen LogP) is 1.69. The fraction of sp³-hybridized carbons (Fsp3) is 0.667. The highest BCUT2D eigenvalue weighted by atomic mass is 35.5. The maximum absolute atomic E-state index is 12.5. The topological polar surface area (TPSA) is 66.5 Å². The maximum atomic E-state index is 12.5. The van der Waals surface area contributed by atoms with Gasteiger partial charge in [0.15, 0.2) is 9.84 Å². The quantitative estimate of drug-likeness (QED) is 0.846. The summed E-state index contributed by atoms with van der Waals surface area (Å²) in [5.41, 5.74) is 1.30. The molecule has 1 atom stereocenters. The fourth-order valence-electron chi connectivity index (χ4n) is 3.49. The van der Waals surface area contributed by atoms with E-state index in [2.05, 4.69) is 5.32 Å². The van der Waals surface area contributed by atoms with Crippen LogP contribution in [0.25, 0.3) is 0 Å². The molecule has 0 radical (unpaired) electrons. The van der Waals surface area contributed by atoms with Gasteiger partial charge < -0.3 is 10.2 Å². The van der Waals surface area contributed by atoms with Gasteiger partial charge in [0.1, 0.15) is 5.75 Å². The van der Waals surface area contributed by atoms with Crippen molar-refractivity contribution in [3.63, 3.8) is 0 Å². The van der Waals surface area contributed by atoms with Gasteiger partial charge in [-0.2, -0.15) is 11.3 Å². The molecular weight excluding hydrogens is 356 g/mol. The van der Waals surface area contributed by atoms with Crippen LogP contribution in [0.15, 0.2) is 16.8 Å². The Morgan fingerprint density at radius 2 is 2.13 bits per heavy atom. The minimum Gasteiger partial charge on any atom is -0.334 e. The normalized spacial score (nSPS) is 22.4. The molecule has 23 heavy (non-hydrogen) atoms. The summed E-state index contributed by atoms with van der Waals surface area (Å²) in [6, 6.07) is 2.20. The number of nitrogens with zero attached hydrogens (tertiary/aromatic N) is 1. The summed E-state index contributed by atoms with van der Waals surface area (Å²) >= 11 is 1.60. The number of halogens is 1. The van der Waals surface area contributed by atoms with Gasteiger partial charge in [0.2, 0.25) is 5.91 Å². The maximum Gasteiger partial charge on any atom is 0.238 e. The summed E-state index contributed by atoms with van der Waals surface area (Å²) in [5.74, 6) is -0.642. The van der Waals surface area contributed by atoms with Crippen LogP contribution >= 0.6 is 23.7 Å². The van der Waals surface area contributed by atoms with E-state index in [1.54, 1.807) is 11.3 Å². The molecule has 1 N–H and O–H groups in total. The summed E-state index contributed by atoms with van der Waals surface area (Å²) in [5, 5.41) is 7.37. The smallest absolute Gasteiger partial charge is 0.238 e. The van der Waals surface area contributed by atoms with Gasteiger partial charge in [-0.3, -0.25) is 4.79 Å². The molecule has 130 valence electrons. The molecule has 1 unspecified atom stereocenters. The SMILES string of the molecule is CS(=O)(=O)CC(=O)N(Cc1ccsc1)C1CC12CCNCC2.Cl. The van der Waals surface area contributed by atoms with Gasteiger partial charge >= 0.3 is 0 Å². The molecule has 1 saturated carbocycles. The average Bonchev–Trinajstić information content (AvgIpc) is 2.87. The number of nitrogens with one attached hydrogen (secondary N) is 1. The van der Waals surface area contributed by atoms with Crippen molar-refractivity contribution in [2.45, 2.75) is 31.8 Å². The zero-order valence-corrected chi connectivity index (χ0v) is 15.6. The Morgan fingerprint density at radius 3 is 2.70 bits per heavy atom. The van der Waals surface area contributed by atoms with Crippen LogP contribution in [-0.4, -0.2) is 50.4 Å². The molecule has 1 aromatic heterocycles. The van der Waals surface area contributed by atoms with Crippen LogP contribution in [0.4, 0.5) is 0 Å². The molecule has 2 heterocycles. The largest absolute Gasteiger partial charge is 0.334 e. The molecule has 1 aromatic rings. The zero-order chi connectivity index (χ0) is 15.8. The van der Waals surface area contributed by atoms with E-state index in [1.807, 2.05) is 21.7 Å². The van der Waals surface area contributed by atoms with Crippen molar-refractivity contribution >= 4 is 39.5 Å². The molecule has 1 saturated heterocycles. The second kappa shape index (κ2) is 7.09.